The number of thiophene rings is 1. The van der Waals surface area contributed by atoms with Gasteiger partial charge in [-0.1, -0.05) is 6.07 Å². The molecule has 0 atom stereocenters. The SMILES string of the molecule is Cc1cc2cc(C=O)sc2cc1CCl. The van der Waals surface area contributed by atoms with Gasteiger partial charge in [-0.15, -0.1) is 22.9 Å². The summed E-state index contributed by atoms with van der Waals surface area (Å²) >= 11 is 7.32. The van der Waals surface area contributed by atoms with Gasteiger partial charge < -0.3 is 0 Å². The smallest absolute Gasteiger partial charge is 0.160 e. The molecule has 3 heteroatoms. The lowest BCUT2D eigenvalue weighted by Gasteiger charge is -2.00. The fourth-order valence-corrected chi connectivity index (χ4v) is 2.68. The number of alkyl halides is 1. The topological polar surface area (TPSA) is 17.1 Å². The van der Waals surface area contributed by atoms with Crippen molar-refractivity contribution in [2.24, 2.45) is 0 Å². The molecule has 0 fully saturated rings. The molecule has 14 heavy (non-hydrogen) atoms. The zero-order chi connectivity index (χ0) is 10.1. The van der Waals surface area contributed by atoms with Crippen molar-refractivity contribution in [1.29, 1.82) is 0 Å². The number of aldehydes is 1. The van der Waals surface area contributed by atoms with Crippen molar-refractivity contribution in [3.63, 3.8) is 0 Å². The van der Waals surface area contributed by atoms with Crippen LogP contribution < -0.4 is 0 Å². The molecule has 0 saturated carbocycles. The van der Waals surface area contributed by atoms with E-state index in [1.165, 1.54) is 16.9 Å². The summed E-state index contributed by atoms with van der Waals surface area (Å²) < 4.78 is 1.13. The van der Waals surface area contributed by atoms with Crippen LogP contribution >= 0.6 is 22.9 Å². The van der Waals surface area contributed by atoms with Crippen LogP contribution in [-0.4, -0.2) is 6.29 Å². The summed E-state index contributed by atoms with van der Waals surface area (Å²) in [7, 11) is 0. The van der Waals surface area contributed by atoms with Gasteiger partial charge in [0.25, 0.3) is 0 Å². The van der Waals surface area contributed by atoms with Gasteiger partial charge in [-0.25, -0.2) is 0 Å². The maximum Gasteiger partial charge on any atom is 0.160 e. The van der Waals surface area contributed by atoms with Crippen LogP contribution in [0.1, 0.15) is 20.8 Å². The van der Waals surface area contributed by atoms with Crippen LogP contribution in [0.5, 0.6) is 0 Å². The van der Waals surface area contributed by atoms with Crippen LogP contribution in [0.4, 0.5) is 0 Å². The van der Waals surface area contributed by atoms with E-state index in [9.17, 15) is 4.79 Å². The lowest BCUT2D eigenvalue weighted by molar-refractivity contribution is 0.112. The molecule has 0 bridgehead atoms. The molecule has 0 radical (unpaired) electrons. The van der Waals surface area contributed by atoms with Crippen molar-refractivity contribution in [1.82, 2.24) is 0 Å². The molecule has 0 aliphatic rings. The van der Waals surface area contributed by atoms with E-state index in [-0.39, 0.29) is 0 Å². The van der Waals surface area contributed by atoms with E-state index < -0.39 is 0 Å². The van der Waals surface area contributed by atoms with Crippen molar-refractivity contribution in [3.8, 4) is 0 Å². The Morgan fingerprint density at radius 2 is 2.21 bits per heavy atom. The second-order valence-corrected chi connectivity index (χ2v) is 4.60. The molecular weight excluding hydrogens is 216 g/mol. The largest absolute Gasteiger partial charge is 0.297 e. The van der Waals surface area contributed by atoms with E-state index in [4.69, 9.17) is 11.6 Å². The van der Waals surface area contributed by atoms with Crippen LogP contribution in [0.3, 0.4) is 0 Å². The fourth-order valence-electron chi connectivity index (χ4n) is 1.47. The van der Waals surface area contributed by atoms with Crippen molar-refractivity contribution < 1.29 is 4.79 Å². The van der Waals surface area contributed by atoms with E-state index in [0.29, 0.717) is 5.88 Å². The molecule has 0 N–H and O–H groups in total. The van der Waals surface area contributed by atoms with Crippen LogP contribution in [0.25, 0.3) is 10.1 Å². The first-order chi connectivity index (χ1) is 6.74. The molecule has 0 aliphatic heterocycles. The molecule has 0 saturated heterocycles. The maximum absolute atomic E-state index is 10.6. The summed E-state index contributed by atoms with van der Waals surface area (Å²) in [5, 5.41) is 1.13. The minimum atomic E-state index is 0.524. The average molecular weight is 225 g/mol. The lowest BCUT2D eigenvalue weighted by Crippen LogP contribution is -1.82. The summed E-state index contributed by atoms with van der Waals surface area (Å²) in [6.07, 6.45) is 0.889. The molecule has 1 aromatic carbocycles. The molecule has 2 aromatic rings. The molecule has 1 nitrogen and oxygen atoms in total. The van der Waals surface area contributed by atoms with Crippen LogP contribution in [0.15, 0.2) is 18.2 Å². The molecule has 1 heterocycles. The van der Waals surface area contributed by atoms with Crippen molar-refractivity contribution in [3.05, 3.63) is 34.2 Å². The highest BCUT2D eigenvalue weighted by atomic mass is 35.5. The van der Waals surface area contributed by atoms with Gasteiger partial charge in [0.2, 0.25) is 0 Å². The standard InChI is InChI=1S/C11H9ClOS/c1-7-2-8-3-10(6-13)14-11(8)4-9(7)5-12/h2-4,6H,5H2,1H3. The van der Waals surface area contributed by atoms with E-state index in [1.807, 2.05) is 13.0 Å². The zero-order valence-corrected chi connectivity index (χ0v) is 9.28. The number of aryl methyl sites for hydroxylation is 1. The van der Waals surface area contributed by atoms with Gasteiger partial charge in [-0.05, 0) is 35.6 Å². The molecule has 0 unspecified atom stereocenters. The lowest BCUT2D eigenvalue weighted by atomic mass is 10.1. The number of hydrogen-bond donors (Lipinski definition) is 0. The Morgan fingerprint density at radius 1 is 1.43 bits per heavy atom. The first-order valence-electron chi connectivity index (χ1n) is 4.29. The highest BCUT2D eigenvalue weighted by molar-refractivity contribution is 7.20. The van der Waals surface area contributed by atoms with Crippen molar-refractivity contribution in [2.75, 3.05) is 0 Å². The molecule has 0 amide bonds. The number of halogens is 1. The van der Waals surface area contributed by atoms with Gasteiger partial charge >= 0.3 is 0 Å². The Kier molecular flexibility index (Phi) is 2.57. The molecule has 1 aromatic heterocycles. The van der Waals surface area contributed by atoms with E-state index in [1.54, 1.807) is 0 Å². The third-order valence-corrected chi connectivity index (χ3v) is 3.57. The van der Waals surface area contributed by atoms with Gasteiger partial charge in [-0.2, -0.15) is 0 Å². The molecule has 2 rings (SSSR count). The van der Waals surface area contributed by atoms with Crippen LogP contribution in [-0.2, 0) is 5.88 Å². The fraction of sp³-hybridized carbons (Fsp3) is 0.182. The second-order valence-electron chi connectivity index (χ2n) is 3.22. The van der Waals surface area contributed by atoms with Gasteiger partial charge in [0.15, 0.2) is 6.29 Å². The molecule has 0 aliphatic carbocycles. The Morgan fingerprint density at radius 3 is 2.86 bits per heavy atom. The maximum atomic E-state index is 10.6. The number of carbonyl (C=O) groups is 1. The summed E-state index contributed by atoms with van der Waals surface area (Å²) in [5.74, 6) is 0.524. The Bertz CT molecular complexity index is 487. The first-order valence-corrected chi connectivity index (χ1v) is 5.64. The Hall–Kier alpha value is -0.860. The minimum Gasteiger partial charge on any atom is -0.297 e. The first kappa shape index (κ1) is 9.69. The van der Waals surface area contributed by atoms with E-state index in [2.05, 4.69) is 12.1 Å². The zero-order valence-electron chi connectivity index (χ0n) is 7.71. The minimum absolute atomic E-state index is 0.524. The molecular formula is C11H9ClOS. The van der Waals surface area contributed by atoms with Crippen LogP contribution in [0, 0.1) is 6.92 Å². The number of benzene rings is 1. The predicted octanol–water partition coefficient (Wildman–Crippen LogP) is 3.76. The van der Waals surface area contributed by atoms with Crippen molar-refractivity contribution in [2.45, 2.75) is 12.8 Å². The monoisotopic (exact) mass is 224 g/mol. The van der Waals surface area contributed by atoms with Gasteiger partial charge in [0.1, 0.15) is 0 Å². The van der Waals surface area contributed by atoms with Gasteiger partial charge in [0.05, 0.1) is 4.88 Å². The second kappa shape index (κ2) is 3.71. The summed E-state index contributed by atoms with van der Waals surface area (Å²) in [5.41, 5.74) is 2.32. The third-order valence-electron chi connectivity index (χ3n) is 2.25. The molecule has 72 valence electrons. The highest BCUT2D eigenvalue weighted by Gasteiger charge is 2.04. The van der Waals surface area contributed by atoms with Gasteiger partial charge in [-0.3, -0.25) is 4.79 Å². The third kappa shape index (κ3) is 1.56. The van der Waals surface area contributed by atoms with Gasteiger partial charge in [0, 0.05) is 10.6 Å². The Balaban J connectivity index is 2.69. The summed E-state index contributed by atoms with van der Waals surface area (Å²) in [6, 6.07) is 6.06. The quantitative estimate of drug-likeness (QED) is 0.561. The highest BCUT2D eigenvalue weighted by Crippen LogP contribution is 2.28. The predicted molar refractivity (Wildman–Crippen MR) is 61.5 cm³/mol. The number of carbonyl (C=O) groups excluding carboxylic acids is 1. The average Bonchev–Trinajstić information content (AvgIpc) is 2.58. The van der Waals surface area contributed by atoms with E-state index in [0.717, 1.165) is 26.8 Å². The number of fused-ring (bicyclic) bond motifs is 1. The summed E-state index contributed by atoms with van der Waals surface area (Å²) in [4.78, 5) is 11.4. The van der Waals surface area contributed by atoms with Crippen molar-refractivity contribution >= 4 is 39.3 Å². The summed E-state index contributed by atoms with van der Waals surface area (Å²) in [6.45, 7) is 2.04. The molecule has 0 spiro atoms. The van der Waals surface area contributed by atoms with Crippen LogP contribution in [0.2, 0.25) is 0 Å². The Labute approximate surface area is 91.3 Å². The number of rotatable bonds is 2. The number of hydrogen-bond acceptors (Lipinski definition) is 2. The normalized spacial score (nSPS) is 10.7. The van der Waals surface area contributed by atoms with E-state index >= 15 is 0 Å².